The van der Waals surface area contributed by atoms with E-state index >= 15 is 0 Å². The second-order valence-corrected chi connectivity index (χ2v) is 5.03. The molecule has 0 bridgehead atoms. The van der Waals surface area contributed by atoms with Gasteiger partial charge in [-0.3, -0.25) is 9.78 Å². The van der Waals surface area contributed by atoms with Crippen LogP contribution in [-0.2, 0) is 0 Å². The maximum absolute atomic E-state index is 12.4. The number of carbonyl (C=O) groups is 1. The second-order valence-electron chi connectivity index (χ2n) is 5.03. The Morgan fingerprint density at radius 2 is 1.87 bits per heavy atom. The van der Waals surface area contributed by atoms with Crippen LogP contribution in [0.2, 0.25) is 0 Å². The quantitative estimate of drug-likeness (QED) is 0.577. The molecule has 5 heteroatoms. The number of aromatic hydroxyl groups is 1. The fourth-order valence-electron chi connectivity index (χ4n) is 2.32. The van der Waals surface area contributed by atoms with Crippen molar-refractivity contribution in [3.8, 4) is 5.75 Å². The SMILES string of the molecule is C/C(=N\NC(=O)c1c(O)ccc2ccccc12)c1ccccn1. The van der Waals surface area contributed by atoms with Crippen molar-refractivity contribution in [2.45, 2.75) is 6.92 Å². The van der Waals surface area contributed by atoms with E-state index in [0.29, 0.717) is 16.8 Å². The average Bonchev–Trinajstić information content (AvgIpc) is 2.60. The molecule has 0 saturated heterocycles. The lowest BCUT2D eigenvalue weighted by atomic mass is 10.0. The summed E-state index contributed by atoms with van der Waals surface area (Å²) < 4.78 is 0. The van der Waals surface area contributed by atoms with E-state index < -0.39 is 5.91 Å². The molecule has 114 valence electrons. The van der Waals surface area contributed by atoms with Gasteiger partial charge in [-0.2, -0.15) is 5.10 Å². The van der Waals surface area contributed by atoms with Crippen molar-refractivity contribution in [3.05, 3.63) is 72.1 Å². The molecule has 3 rings (SSSR count). The molecule has 0 aliphatic carbocycles. The van der Waals surface area contributed by atoms with E-state index in [1.165, 1.54) is 6.07 Å². The van der Waals surface area contributed by atoms with E-state index in [9.17, 15) is 9.90 Å². The van der Waals surface area contributed by atoms with Gasteiger partial charge in [-0.15, -0.1) is 0 Å². The Morgan fingerprint density at radius 3 is 2.65 bits per heavy atom. The molecule has 0 unspecified atom stereocenters. The van der Waals surface area contributed by atoms with Gasteiger partial charge >= 0.3 is 0 Å². The zero-order valence-corrected chi connectivity index (χ0v) is 12.5. The van der Waals surface area contributed by atoms with E-state index in [1.54, 1.807) is 31.3 Å². The predicted octanol–water partition coefficient (Wildman–Crippen LogP) is 3.09. The third-order valence-corrected chi connectivity index (χ3v) is 3.49. The number of pyridine rings is 1. The van der Waals surface area contributed by atoms with E-state index in [0.717, 1.165) is 5.39 Å². The molecule has 1 heterocycles. The molecule has 3 aromatic rings. The largest absolute Gasteiger partial charge is 0.507 e. The molecule has 5 nitrogen and oxygen atoms in total. The number of phenolic OH excluding ortho intramolecular Hbond substituents is 1. The summed E-state index contributed by atoms with van der Waals surface area (Å²) >= 11 is 0. The van der Waals surface area contributed by atoms with Crippen LogP contribution in [0.3, 0.4) is 0 Å². The van der Waals surface area contributed by atoms with Crippen LogP contribution in [0.1, 0.15) is 23.0 Å². The maximum Gasteiger partial charge on any atom is 0.275 e. The average molecular weight is 305 g/mol. The van der Waals surface area contributed by atoms with Crippen LogP contribution in [0.25, 0.3) is 10.8 Å². The predicted molar refractivity (Wildman–Crippen MR) is 89.5 cm³/mol. The number of hydrazone groups is 1. The van der Waals surface area contributed by atoms with E-state index in [-0.39, 0.29) is 11.3 Å². The molecule has 0 aliphatic rings. The number of hydrogen-bond acceptors (Lipinski definition) is 4. The summed E-state index contributed by atoms with van der Waals surface area (Å²) in [5.41, 5.74) is 3.95. The number of phenols is 1. The zero-order valence-electron chi connectivity index (χ0n) is 12.5. The Hall–Kier alpha value is -3.21. The van der Waals surface area contributed by atoms with Crippen LogP contribution >= 0.6 is 0 Å². The van der Waals surface area contributed by atoms with Crippen LogP contribution in [0.4, 0.5) is 0 Å². The molecule has 0 fully saturated rings. The smallest absolute Gasteiger partial charge is 0.275 e. The first-order valence-corrected chi connectivity index (χ1v) is 7.13. The number of aromatic nitrogens is 1. The Labute approximate surface area is 133 Å². The topological polar surface area (TPSA) is 74.6 Å². The molecule has 1 aromatic heterocycles. The van der Waals surface area contributed by atoms with Gasteiger partial charge in [-0.1, -0.05) is 36.4 Å². The molecule has 1 amide bonds. The van der Waals surface area contributed by atoms with Gasteiger partial charge in [0, 0.05) is 6.20 Å². The normalized spacial score (nSPS) is 11.4. The van der Waals surface area contributed by atoms with Crippen LogP contribution in [-0.4, -0.2) is 21.7 Å². The fourth-order valence-corrected chi connectivity index (χ4v) is 2.32. The molecule has 0 saturated carbocycles. The van der Waals surface area contributed by atoms with Crippen molar-refractivity contribution < 1.29 is 9.90 Å². The number of amides is 1. The van der Waals surface area contributed by atoms with Gasteiger partial charge in [0.25, 0.3) is 5.91 Å². The molecule has 2 N–H and O–H groups in total. The van der Waals surface area contributed by atoms with E-state index in [1.807, 2.05) is 30.3 Å². The van der Waals surface area contributed by atoms with Crippen LogP contribution in [0.5, 0.6) is 5.75 Å². The number of fused-ring (bicyclic) bond motifs is 1. The van der Waals surface area contributed by atoms with Gasteiger partial charge in [0.15, 0.2) is 0 Å². The Bertz CT molecular complexity index is 889. The van der Waals surface area contributed by atoms with Crippen LogP contribution < -0.4 is 5.43 Å². The van der Waals surface area contributed by atoms with Gasteiger partial charge in [0.2, 0.25) is 0 Å². The van der Waals surface area contributed by atoms with Crippen molar-refractivity contribution in [3.63, 3.8) is 0 Å². The highest BCUT2D eigenvalue weighted by Gasteiger charge is 2.14. The van der Waals surface area contributed by atoms with Crippen molar-refractivity contribution >= 4 is 22.4 Å². The first kappa shape index (κ1) is 14.7. The molecule has 0 radical (unpaired) electrons. The number of benzene rings is 2. The zero-order chi connectivity index (χ0) is 16.2. The van der Waals surface area contributed by atoms with Crippen LogP contribution in [0.15, 0.2) is 65.9 Å². The fraction of sp³-hybridized carbons (Fsp3) is 0.0556. The van der Waals surface area contributed by atoms with Crippen molar-refractivity contribution in [2.24, 2.45) is 5.10 Å². The lowest BCUT2D eigenvalue weighted by Gasteiger charge is -2.08. The van der Waals surface area contributed by atoms with Gasteiger partial charge in [0.05, 0.1) is 17.0 Å². The number of hydrogen-bond donors (Lipinski definition) is 2. The summed E-state index contributed by atoms with van der Waals surface area (Å²) in [6.45, 7) is 1.76. The highest BCUT2D eigenvalue weighted by atomic mass is 16.3. The minimum absolute atomic E-state index is 0.0770. The maximum atomic E-state index is 12.4. The summed E-state index contributed by atoms with van der Waals surface area (Å²) in [5, 5.41) is 15.7. The summed E-state index contributed by atoms with van der Waals surface area (Å²) in [5.74, 6) is -0.540. The van der Waals surface area contributed by atoms with Crippen molar-refractivity contribution in [2.75, 3.05) is 0 Å². The molecular formula is C18H15N3O2. The minimum atomic E-state index is -0.463. The standard InChI is InChI=1S/C18H15N3O2/c1-12(15-8-4-5-11-19-15)20-21-18(23)17-14-7-3-2-6-13(14)9-10-16(17)22/h2-11,22H,1H3,(H,21,23)/b20-12+. The van der Waals surface area contributed by atoms with Crippen molar-refractivity contribution in [1.82, 2.24) is 10.4 Å². The summed E-state index contributed by atoms with van der Waals surface area (Å²) in [6.07, 6.45) is 1.66. The van der Waals surface area contributed by atoms with Crippen LogP contribution in [0, 0.1) is 0 Å². The first-order valence-electron chi connectivity index (χ1n) is 7.13. The molecular weight excluding hydrogens is 290 g/mol. The summed E-state index contributed by atoms with van der Waals surface area (Å²) in [4.78, 5) is 16.6. The lowest BCUT2D eigenvalue weighted by molar-refractivity contribution is 0.0954. The van der Waals surface area contributed by atoms with Gasteiger partial charge in [-0.05, 0) is 35.9 Å². The lowest BCUT2D eigenvalue weighted by Crippen LogP contribution is -2.20. The van der Waals surface area contributed by atoms with Gasteiger partial charge in [-0.25, -0.2) is 5.43 Å². The van der Waals surface area contributed by atoms with Gasteiger partial charge < -0.3 is 5.11 Å². The summed E-state index contributed by atoms with van der Waals surface area (Å²) in [6, 6.07) is 16.1. The van der Waals surface area contributed by atoms with Crippen molar-refractivity contribution in [1.29, 1.82) is 0 Å². The number of nitrogens with one attached hydrogen (secondary N) is 1. The highest BCUT2D eigenvalue weighted by Crippen LogP contribution is 2.26. The number of carbonyl (C=O) groups excluding carboxylic acids is 1. The molecule has 2 aromatic carbocycles. The molecule has 23 heavy (non-hydrogen) atoms. The Morgan fingerprint density at radius 1 is 1.09 bits per heavy atom. The third-order valence-electron chi connectivity index (χ3n) is 3.49. The number of rotatable bonds is 3. The molecule has 0 atom stereocenters. The Kier molecular flexibility index (Phi) is 4.01. The van der Waals surface area contributed by atoms with E-state index in [2.05, 4.69) is 15.5 Å². The second kappa shape index (κ2) is 6.27. The molecule has 0 aliphatic heterocycles. The summed E-state index contributed by atoms with van der Waals surface area (Å²) in [7, 11) is 0. The minimum Gasteiger partial charge on any atom is -0.507 e. The highest BCUT2D eigenvalue weighted by molar-refractivity contribution is 6.10. The third kappa shape index (κ3) is 3.03. The molecule has 0 spiro atoms. The monoisotopic (exact) mass is 305 g/mol. The Balaban J connectivity index is 1.91. The van der Waals surface area contributed by atoms with E-state index in [4.69, 9.17) is 0 Å². The first-order chi connectivity index (χ1) is 11.2. The van der Waals surface area contributed by atoms with Gasteiger partial charge in [0.1, 0.15) is 5.75 Å². The number of nitrogens with zero attached hydrogens (tertiary/aromatic N) is 2.